The van der Waals surface area contributed by atoms with Crippen LogP contribution in [0.15, 0.2) is 48.0 Å². The van der Waals surface area contributed by atoms with Crippen LogP contribution in [0.3, 0.4) is 0 Å². The Morgan fingerprint density at radius 2 is 1.87 bits per heavy atom. The molecule has 0 fully saturated rings. The van der Waals surface area contributed by atoms with Crippen molar-refractivity contribution >= 4 is 35.2 Å². The number of carbonyl (C=O) groups is 2. The number of ether oxygens (including phenoxy) is 2. The van der Waals surface area contributed by atoms with Gasteiger partial charge in [0.05, 0.1) is 19.3 Å². The summed E-state index contributed by atoms with van der Waals surface area (Å²) in [6, 6.07) is 13.2. The van der Waals surface area contributed by atoms with E-state index < -0.39 is 11.9 Å². The zero-order valence-corrected chi connectivity index (χ0v) is 18.4. The highest BCUT2D eigenvalue weighted by molar-refractivity contribution is 6.30. The SMILES string of the molecule is CCCCCCOc1ccc(Cl)cc1/C=C(/C#N)C(=O)Nc1ccc(C(=O)OC)cc1. The van der Waals surface area contributed by atoms with E-state index in [4.69, 9.17) is 16.3 Å². The van der Waals surface area contributed by atoms with Crippen LogP contribution >= 0.6 is 11.6 Å². The average Bonchev–Trinajstić information content (AvgIpc) is 2.78. The summed E-state index contributed by atoms with van der Waals surface area (Å²) in [6.45, 7) is 2.69. The Kier molecular flexibility index (Phi) is 9.60. The maximum atomic E-state index is 12.6. The van der Waals surface area contributed by atoms with Gasteiger partial charge in [-0.1, -0.05) is 37.8 Å². The summed E-state index contributed by atoms with van der Waals surface area (Å²) in [5.41, 5.74) is 1.25. The van der Waals surface area contributed by atoms with Crippen LogP contribution in [-0.2, 0) is 9.53 Å². The number of benzene rings is 2. The summed E-state index contributed by atoms with van der Waals surface area (Å²) in [6.07, 6.45) is 5.74. The van der Waals surface area contributed by atoms with Gasteiger partial charge in [0, 0.05) is 16.3 Å². The van der Waals surface area contributed by atoms with E-state index in [0.29, 0.717) is 34.2 Å². The Morgan fingerprint density at radius 3 is 2.52 bits per heavy atom. The van der Waals surface area contributed by atoms with Crippen molar-refractivity contribution in [2.45, 2.75) is 32.6 Å². The number of rotatable bonds is 10. The first-order valence-electron chi connectivity index (χ1n) is 10.0. The number of carbonyl (C=O) groups excluding carboxylic acids is 2. The Balaban J connectivity index is 2.14. The molecule has 0 heterocycles. The van der Waals surface area contributed by atoms with Gasteiger partial charge in [0.25, 0.3) is 5.91 Å². The minimum atomic E-state index is -0.581. The molecule has 2 aromatic carbocycles. The molecule has 1 N–H and O–H groups in total. The lowest BCUT2D eigenvalue weighted by Crippen LogP contribution is -2.13. The van der Waals surface area contributed by atoms with Crippen molar-refractivity contribution in [3.63, 3.8) is 0 Å². The smallest absolute Gasteiger partial charge is 0.337 e. The lowest BCUT2D eigenvalue weighted by Gasteiger charge is -2.10. The number of hydrogen-bond acceptors (Lipinski definition) is 5. The molecular weight excluding hydrogens is 416 g/mol. The molecule has 6 nitrogen and oxygen atoms in total. The van der Waals surface area contributed by atoms with E-state index in [1.807, 2.05) is 6.07 Å². The lowest BCUT2D eigenvalue weighted by atomic mass is 10.1. The molecule has 0 radical (unpaired) electrons. The van der Waals surface area contributed by atoms with E-state index in [9.17, 15) is 14.9 Å². The van der Waals surface area contributed by atoms with Crippen molar-refractivity contribution in [1.29, 1.82) is 5.26 Å². The second kappa shape index (κ2) is 12.4. The number of esters is 1. The Bertz CT molecular complexity index is 978. The molecule has 0 saturated carbocycles. The fraction of sp³-hybridized carbons (Fsp3) is 0.292. The van der Waals surface area contributed by atoms with Crippen LogP contribution in [0.5, 0.6) is 5.75 Å². The molecule has 0 atom stereocenters. The summed E-state index contributed by atoms with van der Waals surface area (Å²) in [5, 5.41) is 12.6. The Hall–Kier alpha value is -3.30. The zero-order chi connectivity index (χ0) is 22.6. The fourth-order valence-corrected chi connectivity index (χ4v) is 2.97. The third-order valence-corrected chi connectivity index (χ3v) is 4.69. The van der Waals surface area contributed by atoms with Crippen molar-refractivity contribution in [1.82, 2.24) is 0 Å². The summed E-state index contributed by atoms with van der Waals surface area (Å²) >= 11 is 6.10. The van der Waals surface area contributed by atoms with Crippen LogP contribution in [0.2, 0.25) is 5.02 Å². The third kappa shape index (κ3) is 7.47. The molecule has 2 rings (SSSR count). The molecule has 2 aromatic rings. The van der Waals surface area contributed by atoms with E-state index in [0.717, 1.165) is 25.7 Å². The predicted octanol–water partition coefficient (Wildman–Crippen LogP) is 5.63. The van der Waals surface area contributed by atoms with Crippen molar-refractivity contribution in [2.75, 3.05) is 19.0 Å². The third-order valence-electron chi connectivity index (χ3n) is 4.46. The molecule has 0 aliphatic heterocycles. The zero-order valence-electron chi connectivity index (χ0n) is 17.6. The number of nitrogens with zero attached hydrogens (tertiary/aromatic N) is 1. The molecule has 0 aromatic heterocycles. The number of anilines is 1. The van der Waals surface area contributed by atoms with Crippen LogP contribution in [0.25, 0.3) is 6.08 Å². The van der Waals surface area contributed by atoms with Crippen LogP contribution < -0.4 is 10.1 Å². The maximum Gasteiger partial charge on any atom is 0.337 e. The Morgan fingerprint density at radius 1 is 1.13 bits per heavy atom. The van der Waals surface area contributed by atoms with Gasteiger partial charge in [-0.3, -0.25) is 4.79 Å². The van der Waals surface area contributed by atoms with E-state index in [1.54, 1.807) is 30.3 Å². The molecule has 162 valence electrons. The summed E-state index contributed by atoms with van der Waals surface area (Å²) in [4.78, 5) is 24.1. The van der Waals surface area contributed by atoms with Gasteiger partial charge in [0.1, 0.15) is 17.4 Å². The first-order valence-corrected chi connectivity index (χ1v) is 10.4. The van der Waals surface area contributed by atoms with E-state index >= 15 is 0 Å². The molecule has 31 heavy (non-hydrogen) atoms. The van der Waals surface area contributed by atoms with Crippen molar-refractivity contribution in [2.24, 2.45) is 0 Å². The Labute approximate surface area is 187 Å². The van der Waals surface area contributed by atoms with Gasteiger partial charge in [-0.15, -0.1) is 0 Å². The lowest BCUT2D eigenvalue weighted by molar-refractivity contribution is -0.112. The normalized spacial score (nSPS) is 10.8. The van der Waals surface area contributed by atoms with Crippen molar-refractivity contribution in [3.8, 4) is 11.8 Å². The van der Waals surface area contributed by atoms with Crippen LogP contribution in [0, 0.1) is 11.3 Å². The van der Waals surface area contributed by atoms with Gasteiger partial charge in [-0.25, -0.2) is 4.79 Å². The van der Waals surface area contributed by atoms with Gasteiger partial charge < -0.3 is 14.8 Å². The largest absolute Gasteiger partial charge is 0.493 e. The molecule has 0 unspecified atom stereocenters. The van der Waals surface area contributed by atoms with E-state index in [1.165, 1.54) is 25.3 Å². The highest BCUT2D eigenvalue weighted by Crippen LogP contribution is 2.26. The topological polar surface area (TPSA) is 88.4 Å². The molecule has 0 bridgehead atoms. The molecule has 0 aliphatic carbocycles. The number of methoxy groups -OCH3 is 1. The van der Waals surface area contributed by atoms with Gasteiger partial charge >= 0.3 is 5.97 Å². The average molecular weight is 441 g/mol. The second-order valence-corrected chi connectivity index (χ2v) is 7.22. The molecule has 0 saturated heterocycles. The number of nitrogens with one attached hydrogen (secondary N) is 1. The highest BCUT2D eigenvalue weighted by atomic mass is 35.5. The number of nitriles is 1. The number of hydrogen-bond donors (Lipinski definition) is 1. The fourth-order valence-electron chi connectivity index (χ4n) is 2.78. The molecule has 0 aliphatic rings. The van der Waals surface area contributed by atoms with Crippen molar-refractivity contribution in [3.05, 3.63) is 64.2 Å². The number of halogens is 1. The van der Waals surface area contributed by atoms with Gasteiger partial charge in [-0.05, 0) is 55.0 Å². The van der Waals surface area contributed by atoms with Crippen LogP contribution in [0.1, 0.15) is 48.5 Å². The van der Waals surface area contributed by atoms with E-state index in [2.05, 4.69) is 17.0 Å². The van der Waals surface area contributed by atoms with Gasteiger partial charge in [-0.2, -0.15) is 5.26 Å². The summed E-state index contributed by atoms with van der Waals surface area (Å²) in [5.74, 6) is -0.496. The minimum absolute atomic E-state index is 0.102. The quantitative estimate of drug-likeness (QED) is 0.224. The first-order chi connectivity index (χ1) is 15.0. The highest BCUT2D eigenvalue weighted by Gasteiger charge is 2.13. The van der Waals surface area contributed by atoms with Crippen LogP contribution in [-0.4, -0.2) is 25.6 Å². The summed E-state index contributed by atoms with van der Waals surface area (Å²) < 4.78 is 10.5. The summed E-state index contributed by atoms with van der Waals surface area (Å²) in [7, 11) is 1.29. The molecule has 1 amide bonds. The number of amides is 1. The number of unbranched alkanes of at least 4 members (excludes halogenated alkanes) is 3. The minimum Gasteiger partial charge on any atom is -0.493 e. The van der Waals surface area contributed by atoms with Gasteiger partial charge in [0.2, 0.25) is 0 Å². The first kappa shape index (κ1) is 24.0. The van der Waals surface area contributed by atoms with Gasteiger partial charge in [0.15, 0.2) is 0 Å². The maximum absolute atomic E-state index is 12.6. The van der Waals surface area contributed by atoms with Crippen LogP contribution in [0.4, 0.5) is 5.69 Å². The molecule has 7 heteroatoms. The standard InChI is InChI=1S/C24H25ClN2O4/c1-3-4-5-6-13-31-22-12-9-20(25)15-18(22)14-19(16-26)23(28)27-21-10-7-17(8-11-21)24(29)30-2/h7-12,14-15H,3-6,13H2,1-2H3,(H,27,28)/b19-14-. The second-order valence-electron chi connectivity index (χ2n) is 6.78. The van der Waals surface area contributed by atoms with Crippen molar-refractivity contribution < 1.29 is 19.1 Å². The molecule has 0 spiro atoms. The predicted molar refractivity (Wildman–Crippen MR) is 121 cm³/mol. The van der Waals surface area contributed by atoms with E-state index in [-0.39, 0.29) is 5.57 Å². The molecular formula is C24H25ClN2O4. The monoisotopic (exact) mass is 440 g/mol.